The van der Waals surface area contributed by atoms with Crippen molar-refractivity contribution in [2.45, 2.75) is 32.6 Å². The molecule has 0 atom stereocenters. The minimum absolute atomic E-state index is 0.217. The van der Waals surface area contributed by atoms with Gasteiger partial charge in [0.2, 0.25) is 5.91 Å². The maximum Gasteiger partial charge on any atom is 0.251 e. The highest BCUT2D eigenvalue weighted by atomic mass is 19.1. The maximum atomic E-state index is 13.5. The van der Waals surface area contributed by atoms with Gasteiger partial charge in [-0.15, -0.1) is 0 Å². The zero-order valence-electron chi connectivity index (χ0n) is 16.2. The molecule has 0 heterocycles. The van der Waals surface area contributed by atoms with Gasteiger partial charge in [-0.1, -0.05) is 24.6 Å². The number of hydrogen-bond acceptors (Lipinski definition) is 3. The van der Waals surface area contributed by atoms with Crippen LogP contribution in [-0.2, 0) is 9.59 Å². The van der Waals surface area contributed by atoms with E-state index in [9.17, 15) is 18.4 Å². The minimum Gasteiger partial charge on any atom is -0.352 e. The zero-order valence-corrected chi connectivity index (χ0v) is 16.2. The van der Waals surface area contributed by atoms with Crippen molar-refractivity contribution in [2.75, 3.05) is 6.54 Å². The van der Waals surface area contributed by atoms with Crippen molar-refractivity contribution >= 4 is 23.5 Å². The van der Waals surface area contributed by atoms with Crippen molar-refractivity contribution < 1.29 is 23.6 Å². The molecule has 0 aliphatic carbocycles. The standard InChI is InChI=1S/C22H24F2N2O3/c1-15-13-16(6-11-20(15)24)14-19(17-7-9-18(23)10-8-17)22(28)25-12-4-2-3-5-21(27)26-29/h6-11,13-14,29H,2-5,12H2,1H3,(H,25,28)(H,26,27). The summed E-state index contributed by atoms with van der Waals surface area (Å²) >= 11 is 0. The first-order valence-electron chi connectivity index (χ1n) is 9.35. The van der Waals surface area contributed by atoms with E-state index in [-0.39, 0.29) is 18.1 Å². The lowest BCUT2D eigenvalue weighted by atomic mass is 10.0. The number of carbonyl (C=O) groups is 2. The molecule has 0 saturated heterocycles. The highest BCUT2D eigenvalue weighted by Crippen LogP contribution is 2.21. The van der Waals surface area contributed by atoms with E-state index in [1.54, 1.807) is 30.6 Å². The fourth-order valence-corrected chi connectivity index (χ4v) is 2.77. The Labute approximate surface area is 168 Å². The van der Waals surface area contributed by atoms with Gasteiger partial charge in [0, 0.05) is 18.5 Å². The van der Waals surface area contributed by atoms with Crippen LogP contribution in [0.5, 0.6) is 0 Å². The van der Waals surface area contributed by atoms with E-state index in [0.717, 1.165) is 0 Å². The van der Waals surface area contributed by atoms with Gasteiger partial charge < -0.3 is 5.32 Å². The molecular weight excluding hydrogens is 378 g/mol. The predicted octanol–water partition coefficient (Wildman–Crippen LogP) is 4.00. The molecule has 0 bridgehead atoms. The van der Waals surface area contributed by atoms with Crippen LogP contribution in [0.2, 0.25) is 0 Å². The van der Waals surface area contributed by atoms with Crippen LogP contribution in [-0.4, -0.2) is 23.6 Å². The van der Waals surface area contributed by atoms with Crippen molar-refractivity contribution in [3.8, 4) is 0 Å². The Balaban J connectivity index is 2.08. The van der Waals surface area contributed by atoms with Gasteiger partial charge in [0.1, 0.15) is 11.6 Å². The monoisotopic (exact) mass is 402 g/mol. The molecule has 0 saturated carbocycles. The molecule has 2 rings (SSSR count). The smallest absolute Gasteiger partial charge is 0.251 e. The number of benzene rings is 2. The number of aryl methyl sites for hydroxylation is 1. The molecule has 0 spiro atoms. The molecule has 0 fully saturated rings. The van der Waals surface area contributed by atoms with Crippen LogP contribution < -0.4 is 10.8 Å². The van der Waals surface area contributed by atoms with Gasteiger partial charge in [-0.25, -0.2) is 14.3 Å². The van der Waals surface area contributed by atoms with Crippen LogP contribution in [0, 0.1) is 18.6 Å². The molecule has 154 valence electrons. The summed E-state index contributed by atoms with van der Waals surface area (Å²) < 4.78 is 26.8. The fraction of sp³-hybridized carbons (Fsp3) is 0.273. The van der Waals surface area contributed by atoms with Crippen LogP contribution in [0.15, 0.2) is 42.5 Å². The molecular formula is C22H24F2N2O3. The summed E-state index contributed by atoms with van der Waals surface area (Å²) in [5.41, 5.74) is 3.59. The van der Waals surface area contributed by atoms with Gasteiger partial charge in [0.05, 0.1) is 0 Å². The Hall–Kier alpha value is -3.06. The van der Waals surface area contributed by atoms with E-state index in [1.165, 1.54) is 30.3 Å². The van der Waals surface area contributed by atoms with E-state index in [0.29, 0.717) is 48.1 Å². The molecule has 0 aliphatic rings. The molecule has 2 aromatic rings. The Kier molecular flexibility index (Phi) is 8.48. The molecule has 0 unspecified atom stereocenters. The molecule has 7 heteroatoms. The minimum atomic E-state index is -0.440. The van der Waals surface area contributed by atoms with E-state index in [4.69, 9.17) is 5.21 Å². The highest BCUT2D eigenvalue weighted by Gasteiger charge is 2.13. The normalized spacial score (nSPS) is 11.2. The SMILES string of the molecule is Cc1cc(C=C(C(=O)NCCCCCC(=O)NO)c2ccc(F)cc2)ccc1F. The second-order valence-corrected chi connectivity index (χ2v) is 6.68. The second kappa shape index (κ2) is 11.1. The maximum absolute atomic E-state index is 13.5. The molecule has 0 aromatic heterocycles. The Morgan fingerprint density at radius 3 is 2.41 bits per heavy atom. The second-order valence-electron chi connectivity index (χ2n) is 6.68. The van der Waals surface area contributed by atoms with Crippen LogP contribution in [0.25, 0.3) is 11.6 Å². The topological polar surface area (TPSA) is 78.4 Å². The largest absolute Gasteiger partial charge is 0.352 e. The number of unbranched alkanes of at least 4 members (excludes halogenated alkanes) is 2. The summed E-state index contributed by atoms with van der Waals surface area (Å²) in [6, 6.07) is 10.1. The average molecular weight is 402 g/mol. The van der Waals surface area contributed by atoms with Crippen molar-refractivity contribution in [3.63, 3.8) is 0 Å². The Morgan fingerprint density at radius 1 is 1.03 bits per heavy atom. The van der Waals surface area contributed by atoms with Gasteiger partial charge in [0.25, 0.3) is 5.91 Å². The molecule has 0 aliphatic heterocycles. The number of nitrogens with one attached hydrogen (secondary N) is 2. The van der Waals surface area contributed by atoms with E-state index in [2.05, 4.69) is 5.32 Å². The molecule has 0 radical (unpaired) electrons. The predicted molar refractivity (Wildman–Crippen MR) is 107 cm³/mol. The summed E-state index contributed by atoms with van der Waals surface area (Å²) in [6.45, 7) is 2.04. The number of carbonyl (C=O) groups excluding carboxylic acids is 2. The summed E-state index contributed by atoms with van der Waals surface area (Å²) in [6.07, 6.45) is 3.82. The fourth-order valence-electron chi connectivity index (χ4n) is 2.77. The van der Waals surface area contributed by atoms with E-state index >= 15 is 0 Å². The average Bonchev–Trinajstić information content (AvgIpc) is 2.71. The Bertz CT molecular complexity index is 880. The lowest BCUT2D eigenvalue weighted by Crippen LogP contribution is -2.25. The summed E-state index contributed by atoms with van der Waals surface area (Å²) in [5.74, 6) is -1.50. The quantitative estimate of drug-likeness (QED) is 0.195. The zero-order chi connectivity index (χ0) is 21.2. The third kappa shape index (κ3) is 7.12. The first-order chi connectivity index (χ1) is 13.9. The summed E-state index contributed by atoms with van der Waals surface area (Å²) in [4.78, 5) is 23.7. The van der Waals surface area contributed by atoms with Crippen LogP contribution in [0.3, 0.4) is 0 Å². The first-order valence-corrected chi connectivity index (χ1v) is 9.35. The lowest BCUT2D eigenvalue weighted by molar-refractivity contribution is -0.129. The third-order valence-corrected chi connectivity index (χ3v) is 4.38. The van der Waals surface area contributed by atoms with Gasteiger partial charge in [0.15, 0.2) is 0 Å². The third-order valence-electron chi connectivity index (χ3n) is 4.38. The number of rotatable bonds is 9. The van der Waals surface area contributed by atoms with Gasteiger partial charge in [-0.2, -0.15) is 0 Å². The number of hydroxylamine groups is 1. The number of hydrogen-bond donors (Lipinski definition) is 3. The van der Waals surface area contributed by atoms with E-state index in [1.807, 2.05) is 0 Å². The van der Waals surface area contributed by atoms with Gasteiger partial charge in [-0.3, -0.25) is 14.8 Å². The van der Waals surface area contributed by atoms with Crippen molar-refractivity contribution in [1.29, 1.82) is 0 Å². The lowest BCUT2D eigenvalue weighted by Gasteiger charge is -2.10. The van der Waals surface area contributed by atoms with Crippen LogP contribution in [0.1, 0.15) is 42.4 Å². The Morgan fingerprint density at radius 2 is 1.76 bits per heavy atom. The van der Waals surface area contributed by atoms with Crippen molar-refractivity contribution in [2.24, 2.45) is 0 Å². The van der Waals surface area contributed by atoms with E-state index < -0.39 is 11.7 Å². The molecule has 2 amide bonds. The first kappa shape index (κ1) is 22.2. The molecule has 2 aromatic carbocycles. The van der Waals surface area contributed by atoms with Gasteiger partial charge in [-0.05, 0) is 66.8 Å². The van der Waals surface area contributed by atoms with Crippen molar-refractivity contribution in [3.05, 3.63) is 70.8 Å². The molecule has 3 N–H and O–H groups in total. The number of amides is 2. The highest BCUT2D eigenvalue weighted by molar-refractivity contribution is 6.24. The van der Waals surface area contributed by atoms with Gasteiger partial charge >= 0.3 is 0 Å². The molecule has 29 heavy (non-hydrogen) atoms. The van der Waals surface area contributed by atoms with Crippen LogP contribution >= 0.6 is 0 Å². The molecule has 5 nitrogen and oxygen atoms in total. The number of halogens is 2. The van der Waals surface area contributed by atoms with Crippen molar-refractivity contribution in [1.82, 2.24) is 10.8 Å². The summed E-state index contributed by atoms with van der Waals surface area (Å²) in [7, 11) is 0. The summed E-state index contributed by atoms with van der Waals surface area (Å²) in [5, 5.41) is 11.3. The van der Waals surface area contributed by atoms with Crippen LogP contribution in [0.4, 0.5) is 8.78 Å².